The Labute approximate surface area is 183 Å². The summed E-state index contributed by atoms with van der Waals surface area (Å²) in [6, 6.07) is 14.9. The molecule has 1 N–H and O–H groups in total. The highest BCUT2D eigenvalue weighted by atomic mass is 35.5. The third-order valence-electron chi connectivity index (χ3n) is 6.44. The highest BCUT2D eigenvalue weighted by Gasteiger charge is 2.64. The number of halogens is 2. The number of fused-ring (bicyclic) bond motifs is 2. The Morgan fingerprint density at radius 2 is 2.00 bits per heavy atom. The van der Waals surface area contributed by atoms with Crippen LogP contribution in [0.15, 0.2) is 67.0 Å². The van der Waals surface area contributed by atoms with Crippen LogP contribution >= 0.6 is 11.6 Å². The Balaban J connectivity index is 1.74. The molecule has 31 heavy (non-hydrogen) atoms. The summed E-state index contributed by atoms with van der Waals surface area (Å²) in [6.45, 7) is 0.446. The number of carbonyl (C=O) groups excluding carboxylic acids is 2. The van der Waals surface area contributed by atoms with Gasteiger partial charge in [0.15, 0.2) is 5.78 Å². The van der Waals surface area contributed by atoms with E-state index in [-0.39, 0.29) is 17.6 Å². The smallest absolute Gasteiger partial charge is 0.250 e. The molecule has 2 aliphatic rings. The first kappa shape index (κ1) is 19.8. The van der Waals surface area contributed by atoms with E-state index in [9.17, 15) is 14.0 Å². The van der Waals surface area contributed by atoms with Crippen LogP contribution in [0.3, 0.4) is 0 Å². The molecule has 1 amide bonds. The van der Waals surface area contributed by atoms with Gasteiger partial charge < -0.3 is 5.32 Å². The summed E-state index contributed by atoms with van der Waals surface area (Å²) in [5.74, 6) is -2.05. The second-order valence-corrected chi connectivity index (χ2v) is 8.47. The minimum absolute atomic E-state index is 0.204. The summed E-state index contributed by atoms with van der Waals surface area (Å²) in [6.07, 6.45) is 3.10. The Morgan fingerprint density at radius 1 is 1.23 bits per heavy atom. The molecule has 7 heteroatoms. The van der Waals surface area contributed by atoms with Crippen molar-refractivity contribution in [3.05, 3.63) is 94.5 Å². The molecule has 156 valence electrons. The standard InChI is InChI=1S/C24H19ClFN3O2/c1-29-13-18(14-4-6-16(25)7-5-14)21(22(30)15-3-2-10-27-12-15)24(29)19-11-17(26)8-9-20(19)28-23(24)31/h2-12,18,21H,13H2,1H3,(H,28,31)/t18-,21-,24-/m1/s1. The van der Waals surface area contributed by atoms with Gasteiger partial charge in [0.1, 0.15) is 11.4 Å². The van der Waals surface area contributed by atoms with Gasteiger partial charge in [-0.1, -0.05) is 23.7 Å². The van der Waals surface area contributed by atoms with E-state index in [1.54, 1.807) is 43.6 Å². The van der Waals surface area contributed by atoms with E-state index in [1.165, 1.54) is 18.3 Å². The average molecular weight is 436 g/mol. The molecule has 1 saturated heterocycles. The summed E-state index contributed by atoms with van der Waals surface area (Å²) in [5.41, 5.74) is 0.999. The lowest BCUT2D eigenvalue weighted by Crippen LogP contribution is -2.51. The summed E-state index contributed by atoms with van der Waals surface area (Å²) in [5, 5.41) is 3.46. The summed E-state index contributed by atoms with van der Waals surface area (Å²) >= 11 is 6.08. The van der Waals surface area contributed by atoms with Crippen LogP contribution < -0.4 is 5.32 Å². The van der Waals surface area contributed by atoms with Crippen LogP contribution in [0, 0.1) is 11.7 Å². The Morgan fingerprint density at radius 3 is 2.71 bits per heavy atom. The molecule has 3 heterocycles. The van der Waals surface area contributed by atoms with Gasteiger partial charge in [-0.05, 0) is 55.1 Å². The fraction of sp³-hybridized carbons (Fsp3) is 0.208. The Bertz CT molecular complexity index is 1190. The number of pyridine rings is 1. The van der Waals surface area contributed by atoms with Crippen molar-refractivity contribution in [2.24, 2.45) is 5.92 Å². The fourth-order valence-corrected chi connectivity index (χ4v) is 5.24. The number of aromatic nitrogens is 1. The van der Waals surface area contributed by atoms with Gasteiger partial charge in [-0.15, -0.1) is 0 Å². The molecule has 1 aromatic heterocycles. The summed E-state index contributed by atoms with van der Waals surface area (Å²) in [7, 11) is 1.80. The third kappa shape index (κ3) is 2.90. The van der Waals surface area contributed by atoms with E-state index >= 15 is 0 Å². The lowest BCUT2D eigenvalue weighted by molar-refractivity contribution is -0.126. The van der Waals surface area contributed by atoms with Gasteiger partial charge >= 0.3 is 0 Å². The van der Waals surface area contributed by atoms with E-state index in [1.807, 2.05) is 17.0 Å². The number of rotatable bonds is 3. The van der Waals surface area contributed by atoms with Gasteiger partial charge in [0.25, 0.3) is 0 Å². The Hall–Kier alpha value is -3.09. The highest BCUT2D eigenvalue weighted by molar-refractivity contribution is 6.30. The van der Waals surface area contributed by atoms with E-state index in [0.717, 1.165) is 5.56 Å². The number of likely N-dealkylation sites (N-methyl/N-ethyl adjacent to an activating group) is 1. The van der Waals surface area contributed by atoms with Crippen LogP contribution in [0.1, 0.15) is 27.4 Å². The molecule has 0 aliphatic carbocycles. The number of ketones is 1. The first-order valence-corrected chi connectivity index (χ1v) is 10.3. The molecule has 2 aliphatic heterocycles. The van der Waals surface area contributed by atoms with Crippen molar-refractivity contribution in [1.82, 2.24) is 9.88 Å². The number of Topliss-reactive ketones (excluding diaryl/α,β-unsaturated/α-hetero) is 1. The molecule has 0 saturated carbocycles. The Kier molecular flexibility index (Phi) is 4.64. The maximum Gasteiger partial charge on any atom is 0.250 e. The highest BCUT2D eigenvalue weighted by Crippen LogP contribution is 2.55. The SMILES string of the molecule is CN1C[C@H](c2ccc(Cl)cc2)[C@H](C(=O)c2cccnc2)[C@]12C(=O)Nc1ccc(F)cc12. The second-order valence-electron chi connectivity index (χ2n) is 8.03. The first-order chi connectivity index (χ1) is 14.9. The van der Waals surface area contributed by atoms with Crippen LogP contribution in [0.25, 0.3) is 0 Å². The molecule has 0 radical (unpaired) electrons. The van der Waals surface area contributed by atoms with Crippen molar-refractivity contribution < 1.29 is 14.0 Å². The maximum absolute atomic E-state index is 14.3. The molecular formula is C24H19ClFN3O2. The second kappa shape index (κ2) is 7.25. The van der Waals surface area contributed by atoms with Crippen LogP contribution in [0.2, 0.25) is 5.02 Å². The normalized spacial score (nSPS) is 24.9. The predicted molar refractivity (Wildman–Crippen MR) is 116 cm³/mol. The minimum Gasteiger partial charge on any atom is -0.324 e. The lowest BCUT2D eigenvalue weighted by atomic mass is 9.70. The molecule has 3 atom stereocenters. The lowest BCUT2D eigenvalue weighted by Gasteiger charge is -2.35. The first-order valence-electron chi connectivity index (χ1n) is 9.95. The largest absolute Gasteiger partial charge is 0.324 e. The number of likely N-dealkylation sites (tertiary alicyclic amines) is 1. The number of hydrogen-bond acceptors (Lipinski definition) is 4. The number of nitrogens with zero attached hydrogens (tertiary/aromatic N) is 2. The molecule has 5 nitrogen and oxygen atoms in total. The summed E-state index contributed by atoms with van der Waals surface area (Å²) < 4.78 is 14.3. The summed E-state index contributed by atoms with van der Waals surface area (Å²) in [4.78, 5) is 33.3. The van der Waals surface area contributed by atoms with Crippen molar-refractivity contribution in [2.75, 3.05) is 18.9 Å². The molecule has 5 rings (SSSR count). The number of anilines is 1. The monoisotopic (exact) mass is 435 g/mol. The number of amides is 1. The number of carbonyl (C=O) groups is 2. The van der Waals surface area contributed by atoms with Crippen molar-refractivity contribution in [3.63, 3.8) is 0 Å². The maximum atomic E-state index is 14.3. The minimum atomic E-state index is -1.32. The van der Waals surface area contributed by atoms with Crippen LogP contribution in [-0.4, -0.2) is 35.2 Å². The predicted octanol–water partition coefficient (Wildman–Crippen LogP) is 4.25. The topological polar surface area (TPSA) is 62.3 Å². The van der Waals surface area contributed by atoms with Crippen molar-refractivity contribution in [3.8, 4) is 0 Å². The van der Waals surface area contributed by atoms with E-state index in [2.05, 4.69) is 10.3 Å². The zero-order valence-electron chi connectivity index (χ0n) is 16.7. The van der Waals surface area contributed by atoms with E-state index in [0.29, 0.717) is 28.4 Å². The van der Waals surface area contributed by atoms with E-state index in [4.69, 9.17) is 11.6 Å². The average Bonchev–Trinajstić information content (AvgIpc) is 3.24. The van der Waals surface area contributed by atoms with Crippen molar-refractivity contribution in [1.29, 1.82) is 0 Å². The van der Waals surface area contributed by atoms with Crippen LogP contribution in [-0.2, 0) is 10.3 Å². The molecule has 1 spiro atoms. The van der Waals surface area contributed by atoms with Crippen molar-refractivity contribution in [2.45, 2.75) is 11.5 Å². The molecule has 2 aromatic carbocycles. The van der Waals surface area contributed by atoms with Gasteiger partial charge in [-0.25, -0.2) is 4.39 Å². The third-order valence-corrected chi connectivity index (χ3v) is 6.69. The van der Waals surface area contributed by atoms with E-state index < -0.39 is 17.3 Å². The molecule has 0 bridgehead atoms. The number of benzene rings is 2. The van der Waals surface area contributed by atoms with Gasteiger partial charge in [0, 0.05) is 46.7 Å². The zero-order chi connectivity index (χ0) is 21.8. The molecule has 3 aromatic rings. The molecule has 1 fully saturated rings. The molecule has 0 unspecified atom stereocenters. The number of nitrogens with one attached hydrogen (secondary N) is 1. The number of hydrogen-bond donors (Lipinski definition) is 1. The van der Waals surface area contributed by atoms with Gasteiger partial charge in [-0.2, -0.15) is 0 Å². The molecular weight excluding hydrogens is 417 g/mol. The van der Waals surface area contributed by atoms with Gasteiger partial charge in [0.05, 0.1) is 5.92 Å². The quantitative estimate of drug-likeness (QED) is 0.625. The van der Waals surface area contributed by atoms with Gasteiger partial charge in [0.2, 0.25) is 5.91 Å². The van der Waals surface area contributed by atoms with Crippen LogP contribution in [0.5, 0.6) is 0 Å². The van der Waals surface area contributed by atoms with Crippen molar-refractivity contribution >= 4 is 29.0 Å². The fourth-order valence-electron chi connectivity index (χ4n) is 5.11. The van der Waals surface area contributed by atoms with Crippen LogP contribution in [0.4, 0.5) is 10.1 Å². The van der Waals surface area contributed by atoms with Gasteiger partial charge in [-0.3, -0.25) is 19.5 Å². The zero-order valence-corrected chi connectivity index (χ0v) is 17.4.